The summed E-state index contributed by atoms with van der Waals surface area (Å²) in [6.07, 6.45) is 3.79. The van der Waals surface area contributed by atoms with E-state index < -0.39 is 0 Å². The third-order valence-corrected chi connectivity index (χ3v) is 3.27. The van der Waals surface area contributed by atoms with Crippen LogP contribution < -0.4 is 0 Å². The highest BCUT2D eigenvalue weighted by Crippen LogP contribution is 2.25. The van der Waals surface area contributed by atoms with E-state index in [1.54, 1.807) is 0 Å². The van der Waals surface area contributed by atoms with Crippen LogP contribution in [-0.4, -0.2) is 14.4 Å². The molecule has 2 aromatic carbocycles. The predicted octanol–water partition coefficient (Wildman–Crippen LogP) is 3.55. The molecule has 0 saturated carbocycles. The molecular formula is C16H11N3. The highest BCUT2D eigenvalue weighted by molar-refractivity contribution is 5.85. The zero-order valence-corrected chi connectivity index (χ0v) is 10.2. The number of imidazole rings is 1. The van der Waals surface area contributed by atoms with Gasteiger partial charge in [0.1, 0.15) is 5.69 Å². The van der Waals surface area contributed by atoms with E-state index >= 15 is 0 Å². The van der Waals surface area contributed by atoms with E-state index in [1.165, 1.54) is 0 Å². The van der Waals surface area contributed by atoms with Crippen LogP contribution in [0.3, 0.4) is 0 Å². The quantitative estimate of drug-likeness (QED) is 0.513. The molecule has 0 fully saturated rings. The van der Waals surface area contributed by atoms with Crippen molar-refractivity contribution >= 4 is 16.7 Å². The first-order chi connectivity index (χ1) is 9.43. The Balaban J connectivity index is 2.17. The number of nitrogens with zero attached hydrogens (tertiary/aromatic N) is 3. The van der Waals surface area contributed by atoms with Gasteiger partial charge in [0.2, 0.25) is 0 Å². The van der Waals surface area contributed by atoms with Gasteiger partial charge in [-0.3, -0.25) is 4.40 Å². The van der Waals surface area contributed by atoms with Gasteiger partial charge in [0, 0.05) is 18.0 Å². The fourth-order valence-electron chi connectivity index (χ4n) is 2.40. The average Bonchev–Trinajstić information content (AvgIpc) is 2.97. The summed E-state index contributed by atoms with van der Waals surface area (Å²) in [7, 11) is 0. The first-order valence-corrected chi connectivity index (χ1v) is 6.21. The molecule has 3 nitrogen and oxygen atoms in total. The van der Waals surface area contributed by atoms with Crippen molar-refractivity contribution in [3.63, 3.8) is 0 Å². The SMILES string of the molecule is c1ccc(-c2nc3ccccc3n3ccnc23)cc1. The molecule has 0 atom stereocenters. The number of benzene rings is 2. The van der Waals surface area contributed by atoms with Gasteiger partial charge >= 0.3 is 0 Å². The van der Waals surface area contributed by atoms with E-state index in [2.05, 4.69) is 27.6 Å². The lowest BCUT2D eigenvalue weighted by atomic mass is 10.1. The number of hydrogen-bond acceptors (Lipinski definition) is 2. The Morgan fingerprint density at radius 1 is 0.842 bits per heavy atom. The van der Waals surface area contributed by atoms with Gasteiger partial charge in [-0.1, -0.05) is 42.5 Å². The van der Waals surface area contributed by atoms with Crippen LogP contribution in [0.1, 0.15) is 0 Å². The average molecular weight is 245 g/mol. The molecule has 0 amide bonds. The first-order valence-electron chi connectivity index (χ1n) is 6.21. The number of fused-ring (bicyclic) bond motifs is 3. The van der Waals surface area contributed by atoms with Crippen LogP contribution in [0.25, 0.3) is 27.9 Å². The van der Waals surface area contributed by atoms with Gasteiger partial charge in [-0.15, -0.1) is 0 Å². The number of hydrogen-bond donors (Lipinski definition) is 0. The van der Waals surface area contributed by atoms with Gasteiger partial charge in [-0.2, -0.15) is 0 Å². The molecule has 0 aliphatic heterocycles. The Morgan fingerprint density at radius 2 is 1.63 bits per heavy atom. The minimum Gasteiger partial charge on any atom is -0.296 e. The van der Waals surface area contributed by atoms with Crippen LogP contribution in [0, 0.1) is 0 Å². The van der Waals surface area contributed by atoms with Crippen molar-refractivity contribution < 1.29 is 0 Å². The summed E-state index contributed by atoms with van der Waals surface area (Å²) in [5.74, 6) is 0. The number of para-hydroxylation sites is 2. The van der Waals surface area contributed by atoms with Crippen LogP contribution in [0.5, 0.6) is 0 Å². The summed E-state index contributed by atoms with van der Waals surface area (Å²) < 4.78 is 2.09. The maximum absolute atomic E-state index is 4.76. The molecule has 0 unspecified atom stereocenters. The van der Waals surface area contributed by atoms with Gasteiger partial charge in [0.15, 0.2) is 5.65 Å². The second-order valence-electron chi connectivity index (χ2n) is 4.44. The highest BCUT2D eigenvalue weighted by Gasteiger charge is 2.10. The van der Waals surface area contributed by atoms with Crippen LogP contribution in [0.15, 0.2) is 67.0 Å². The molecule has 0 N–H and O–H groups in total. The minimum atomic E-state index is 0.893. The summed E-state index contributed by atoms with van der Waals surface area (Å²) in [6, 6.07) is 18.3. The Kier molecular flexibility index (Phi) is 2.12. The van der Waals surface area contributed by atoms with E-state index in [4.69, 9.17) is 4.98 Å². The fraction of sp³-hybridized carbons (Fsp3) is 0. The molecule has 0 saturated heterocycles. The van der Waals surface area contributed by atoms with Gasteiger partial charge in [0.05, 0.1) is 11.0 Å². The van der Waals surface area contributed by atoms with Gasteiger partial charge in [-0.25, -0.2) is 9.97 Å². The largest absolute Gasteiger partial charge is 0.296 e. The molecule has 0 aliphatic carbocycles. The summed E-state index contributed by atoms with van der Waals surface area (Å²) in [5, 5.41) is 0. The Bertz CT molecular complexity index is 863. The fourth-order valence-corrected chi connectivity index (χ4v) is 2.40. The maximum Gasteiger partial charge on any atom is 0.163 e. The predicted molar refractivity (Wildman–Crippen MR) is 75.9 cm³/mol. The highest BCUT2D eigenvalue weighted by atomic mass is 15.0. The Hall–Kier alpha value is -2.68. The molecule has 0 radical (unpaired) electrons. The molecule has 4 rings (SSSR count). The van der Waals surface area contributed by atoms with Crippen molar-refractivity contribution in [1.82, 2.24) is 14.4 Å². The van der Waals surface area contributed by atoms with E-state index in [0.717, 1.165) is 27.9 Å². The van der Waals surface area contributed by atoms with Gasteiger partial charge in [-0.05, 0) is 12.1 Å². The van der Waals surface area contributed by atoms with Crippen molar-refractivity contribution in [2.45, 2.75) is 0 Å². The van der Waals surface area contributed by atoms with E-state index in [-0.39, 0.29) is 0 Å². The topological polar surface area (TPSA) is 30.2 Å². The number of rotatable bonds is 1. The zero-order chi connectivity index (χ0) is 12.7. The smallest absolute Gasteiger partial charge is 0.163 e. The second kappa shape index (κ2) is 3.92. The minimum absolute atomic E-state index is 0.893. The molecule has 0 bridgehead atoms. The summed E-state index contributed by atoms with van der Waals surface area (Å²) in [5.41, 5.74) is 4.96. The van der Waals surface area contributed by atoms with Crippen molar-refractivity contribution in [2.75, 3.05) is 0 Å². The summed E-state index contributed by atoms with van der Waals surface area (Å²) in [4.78, 5) is 9.21. The third-order valence-electron chi connectivity index (χ3n) is 3.27. The molecule has 0 spiro atoms. The number of aromatic nitrogens is 3. The molecule has 90 valence electrons. The monoisotopic (exact) mass is 245 g/mol. The van der Waals surface area contributed by atoms with E-state index in [9.17, 15) is 0 Å². The van der Waals surface area contributed by atoms with Crippen LogP contribution in [0.2, 0.25) is 0 Å². The Morgan fingerprint density at radius 3 is 2.53 bits per heavy atom. The van der Waals surface area contributed by atoms with E-state index in [0.29, 0.717) is 0 Å². The van der Waals surface area contributed by atoms with Crippen molar-refractivity contribution in [3.8, 4) is 11.3 Å². The van der Waals surface area contributed by atoms with Gasteiger partial charge < -0.3 is 0 Å². The zero-order valence-electron chi connectivity index (χ0n) is 10.2. The van der Waals surface area contributed by atoms with Crippen molar-refractivity contribution in [1.29, 1.82) is 0 Å². The molecular weight excluding hydrogens is 234 g/mol. The van der Waals surface area contributed by atoms with Crippen LogP contribution in [-0.2, 0) is 0 Å². The molecule has 19 heavy (non-hydrogen) atoms. The van der Waals surface area contributed by atoms with Gasteiger partial charge in [0.25, 0.3) is 0 Å². The normalized spacial score (nSPS) is 11.2. The lowest BCUT2D eigenvalue weighted by Crippen LogP contribution is -1.95. The summed E-state index contributed by atoms with van der Waals surface area (Å²) >= 11 is 0. The standard InChI is InChI=1S/C16H11N3/c1-2-6-12(7-3-1)15-16-17-10-11-19(16)14-9-5-4-8-13(14)18-15/h1-11H. The first kappa shape index (κ1) is 10.3. The summed E-state index contributed by atoms with van der Waals surface area (Å²) in [6.45, 7) is 0. The Labute approximate surface area is 110 Å². The molecule has 0 aliphatic rings. The molecule has 2 aromatic heterocycles. The molecule has 3 heteroatoms. The molecule has 2 heterocycles. The van der Waals surface area contributed by atoms with Crippen molar-refractivity contribution in [3.05, 3.63) is 67.0 Å². The van der Waals surface area contributed by atoms with Crippen LogP contribution >= 0.6 is 0 Å². The van der Waals surface area contributed by atoms with Crippen LogP contribution in [0.4, 0.5) is 0 Å². The lowest BCUT2D eigenvalue weighted by Gasteiger charge is -2.07. The van der Waals surface area contributed by atoms with E-state index in [1.807, 2.05) is 48.8 Å². The maximum atomic E-state index is 4.76. The van der Waals surface area contributed by atoms with Crippen molar-refractivity contribution in [2.24, 2.45) is 0 Å². The second-order valence-corrected chi connectivity index (χ2v) is 4.44. The third kappa shape index (κ3) is 1.52. The lowest BCUT2D eigenvalue weighted by molar-refractivity contribution is 1.21. The molecule has 4 aromatic rings.